The van der Waals surface area contributed by atoms with Gasteiger partial charge in [-0.1, -0.05) is 19.8 Å². The van der Waals surface area contributed by atoms with Crippen molar-refractivity contribution in [2.45, 2.75) is 52.4 Å². The zero-order chi connectivity index (χ0) is 14.9. The minimum absolute atomic E-state index is 0.926. The van der Waals surface area contributed by atoms with E-state index < -0.39 is 0 Å². The Kier molecular flexibility index (Phi) is 7.34. The van der Waals surface area contributed by atoms with Crippen LogP contribution in [0.15, 0.2) is 4.99 Å². The van der Waals surface area contributed by atoms with Gasteiger partial charge in [0.05, 0.1) is 0 Å². The van der Waals surface area contributed by atoms with Crippen molar-refractivity contribution in [2.75, 3.05) is 39.3 Å². The summed E-state index contributed by atoms with van der Waals surface area (Å²) in [5.41, 5.74) is 0. The average molecular weight is 294 g/mol. The van der Waals surface area contributed by atoms with E-state index in [9.17, 15) is 0 Å². The standard InChI is InChI=1S/C17H34N4/c1-3-18-17(20-11-7-16-5-6-16)19-10-4-12-21-13-8-15(2)9-14-21/h15-16H,3-14H2,1-2H3,(H2,18,19,20). The third-order valence-corrected chi connectivity index (χ3v) is 4.66. The zero-order valence-electron chi connectivity index (χ0n) is 14.0. The van der Waals surface area contributed by atoms with Crippen LogP contribution >= 0.6 is 0 Å². The van der Waals surface area contributed by atoms with E-state index in [-0.39, 0.29) is 0 Å². The predicted molar refractivity (Wildman–Crippen MR) is 90.8 cm³/mol. The molecule has 1 heterocycles. The number of aliphatic imine (C=N–C) groups is 1. The van der Waals surface area contributed by atoms with E-state index >= 15 is 0 Å². The number of hydrogen-bond acceptors (Lipinski definition) is 2. The number of rotatable bonds is 8. The molecule has 1 aliphatic carbocycles. The quantitative estimate of drug-likeness (QED) is 0.410. The molecular formula is C17H34N4. The monoisotopic (exact) mass is 294 g/mol. The Hall–Kier alpha value is -0.770. The summed E-state index contributed by atoms with van der Waals surface area (Å²) in [6.07, 6.45) is 8.08. The number of likely N-dealkylation sites (tertiary alicyclic amines) is 1. The second-order valence-corrected chi connectivity index (χ2v) is 6.80. The van der Waals surface area contributed by atoms with Crippen molar-refractivity contribution >= 4 is 5.96 Å². The van der Waals surface area contributed by atoms with Crippen molar-refractivity contribution in [3.05, 3.63) is 0 Å². The van der Waals surface area contributed by atoms with Crippen LogP contribution in [0.5, 0.6) is 0 Å². The molecule has 2 aliphatic rings. The molecule has 21 heavy (non-hydrogen) atoms. The van der Waals surface area contributed by atoms with Crippen molar-refractivity contribution in [1.82, 2.24) is 15.5 Å². The summed E-state index contributed by atoms with van der Waals surface area (Å²) in [6.45, 7) is 11.2. The number of hydrogen-bond donors (Lipinski definition) is 2. The lowest BCUT2D eigenvalue weighted by Gasteiger charge is -2.29. The molecule has 0 aromatic carbocycles. The Morgan fingerprint density at radius 2 is 1.90 bits per heavy atom. The van der Waals surface area contributed by atoms with Gasteiger partial charge in [-0.15, -0.1) is 0 Å². The Bertz CT molecular complexity index is 304. The Morgan fingerprint density at radius 3 is 2.57 bits per heavy atom. The highest BCUT2D eigenvalue weighted by atomic mass is 15.2. The van der Waals surface area contributed by atoms with E-state index in [4.69, 9.17) is 4.99 Å². The smallest absolute Gasteiger partial charge is 0.191 e. The van der Waals surface area contributed by atoms with Crippen molar-refractivity contribution in [3.63, 3.8) is 0 Å². The maximum absolute atomic E-state index is 4.70. The first-order valence-electron chi connectivity index (χ1n) is 9.02. The summed E-state index contributed by atoms with van der Waals surface area (Å²) in [5, 5.41) is 6.81. The topological polar surface area (TPSA) is 39.7 Å². The normalized spacial score (nSPS) is 21.5. The molecule has 0 spiro atoms. The molecule has 2 rings (SSSR count). The summed E-state index contributed by atoms with van der Waals surface area (Å²) < 4.78 is 0. The van der Waals surface area contributed by atoms with Crippen LogP contribution in [0.3, 0.4) is 0 Å². The third kappa shape index (κ3) is 7.16. The molecular weight excluding hydrogens is 260 g/mol. The number of nitrogens with zero attached hydrogens (tertiary/aromatic N) is 2. The fourth-order valence-corrected chi connectivity index (χ4v) is 2.91. The molecule has 0 radical (unpaired) electrons. The zero-order valence-corrected chi connectivity index (χ0v) is 14.0. The third-order valence-electron chi connectivity index (χ3n) is 4.66. The molecule has 2 N–H and O–H groups in total. The van der Waals surface area contributed by atoms with Crippen molar-refractivity contribution in [3.8, 4) is 0 Å². The molecule has 0 bridgehead atoms. The van der Waals surface area contributed by atoms with Crippen molar-refractivity contribution < 1.29 is 0 Å². The van der Waals surface area contributed by atoms with Gasteiger partial charge < -0.3 is 15.5 Å². The second kappa shape index (κ2) is 9.29. The second-order valence-electron chi connectivity index (χ2n) is 6.80. The van der Waals surface area contributed by atoms with E-state index in [0.29, 0.717) is 0 Å². The lowest BCUT2D eigenvalue weighted by atomic mass is 9.99. The molecule has 0 amide bonds. The first-order chi connectivity index (χ1) is 10.3. The molecule has 2 fully saturated rings. The maximum atomic E-state index is 4.70. The Morgan fingerprint density at radius 1 is 1.14 bits per heavy atom. The largest absolute Gasteiger partial charge is 0.357 e. The number of piperidine rings is 1. The summed E-state index contributed by atoms with van der Waals surface area (Å²) in [6, 6.07) is 0. The molecule has 1 saturated carbocycles. The van der Waals surface area contributed by atoms with Gasteiger partial charge in [0, 0.05) is 19.6 Å². The minimum atomic E-state index is 0.926. The highest BCUT2D eigenvalue weighted by molar-refractivity contribution is 5.79. The molecule has 122 valence electrons. The SMILES string of the molecule is CCNC(=NCCCN1CCC(C)CC1)NCCC1CC1. The lowest BCUT2D eigenvalue weighted by molar-refractivity contribution is 0.192. The van der Waals surface area contributed by atoms with Crippen LogP contribution in [0.1, 0.15) is 52.4 Å². The first kappa shape index (κ1) is 16.6. The van der Waals surface area contributed by atoms with E-state index in [1.54, 1.807) is 0 Å². The van der Waals surface area contributed by atoms with Crippen LogP contribution in [0.2, 0.25) is 0 Å². The van der Waals surface area contributed by atoms with Crippen LogP contribution < -0.4 is 10.6 Å². The number of nitrogens with one attached hydrogen (secondary N) is 2. The average Bonchev–Trinajstić information content (AvgIpc) is 3.29. The van der Waals surface area contributed by atoms with Gasteiger partial charge in [0.15, 0.2) is 5.96 Å². The fraction of sp³-hybridized carbons (Fsp3) is 0.941. The van der Waals surface area contributed by atoms with E-state index in [0.717, 1.165) is 37.4 Å². The molecule has 1 saturated heterocycles. The van der Waals surface area contributed by atoms with Gasteiger partial charge in [-0.2, -0.15) is 0 Å². The molecule has 0 atom stereocenters. The summed E-state index contributed by atoms with van der Waals surface area (Å²) in [4.78, 5) is 7.30. The van der Waals surface area contributed by atoms with Crippen LogP contribution in [0.4, 0.5) is 0 Å². The Labute approximate surface area is 130 Å². The van der Waals surface area contributed by atoms with E-state index in [1.807, 2.05) is 0 Å². The fourth-order valence-electron chi connectivity index (χ4n) is 2.91. The van der Waals surface area contributed by atoms with Gasteiger partial charge in [0.1, 0.15) is 0 Å². The molecule has 4 heteroatoms. The van der Waals surface area contributed by atoms with Crippen LogP contribution in [-0.4, -0.2) is 50.1 Å². The van der Waals surface area contributed by atoms with Crippen LogP contribution in [0.25, 0.3) is 0 Å². The maximum Gasteiger partial charge on any atom is 0.191 e. The van der Waals surface area contributed by atoms with Gasteiger partial charge in [-0.05, 0) is 64.1 Å². The minimum Gasteiger partial charge on any atom is -0.357 e. The van der Waals surface area contributed by atoms with Gasteiger partial charge in [-0.3, -0.25) is 4.99 Å². The molecule has 0 unspecified atom stereocenters. The van der Waals surface area contributed by atoms with Crippen LogP contribution in [0, 0.1) is 11.8 Å². The molecule has 4 nitrogen and oxygen atoms in total. The molecule has 1 aliphatic heterocycles. The summed E-state index contributed by atoms with van der Waals surface area (Å²) >= 11 is 0. The highest BCUT2D eigenvalue weighted by Crippen LogP contribution is 2.31. The summed E-state index contributed by atoms with van der Waals surface area (Å²) in [7, 11) is 0. The van der Waals surface area contributed by atoms with Crippen molar-refractivity contribution in [1.29, 1.82) is 0 Å². The Balaban J connectivity index is 1.57. The van der Waals surface area contributed by atoms with Gasteiger partial charge >= 0.3 is 0 Å². The number of guanidine groups is 1. The first-order valence-corrected chi connectivity index (χ1v) is 9.02. The van der Waals surface area contributed by atoms with Crippen molar-refractivity contribution in [2.24, 2.45) is 16.8 Å². The molecule has 0 aromatic heterocycles. The van der Waals surface area contributed by atoms with E-state index in [1.165, 1.54) is 58.2 Å². The lowest BCUT2D eigenvalue weighted by Crippen LogP contribution is -2.38. The van der Waals surface area contributed by atoms with Crippen LogP contribution in [-0.2, 0) is 0 Å². The summed E-state index contributed by atoms with van der Waals surface area (Å²) in [5.74, 6) is 2.92. The van der Waals surface area contributed by atoms with Gasteiger partial charge in [-0.25, -0.2) is 0 Å². The van der Waals surface area contributed by atoms with E-state index in [2.05, 4.69) is 29.4 Å². The highest BCUT2D eigenvalue weighted by Gasteiger charge is 2.20. The molecule has 0 aromatic rings. The van der Waals surface area contributed by atoms with Gasteiger partial charge in [0.25, 0.3) is 0 Å². The predicted octanol–water partition coefficient (Wildman–Crippen LogP) is 2.46. The van der Waals surface area contributed by atoms with Gasteiger partial charge in [0.2, 0.25) is 0 Å².